The van der Waals surface area contributed by atoms with Gasteiger partial charge in [0.1, 0.15) is 11.6 Å². The molecular formula is C16H28Cl3FN4O. The van der Waals surface area contributed by atoms with Crippen LogP contribution >= 0.6 is 37.2 Å². The van der Waals surface area contributed by atoms with Gasteiger partial charge in [0, 0.05) is 26.2 Å². The molecule has 2 heterocycles. The number of amides is 1. The highest BCUT2D eigenvalue weighted by atomic mass is 35.5. The average Bonchev–Trinajstić information content (AvgIpc) is 2.53. The number of nitrogens with zero attached hydrogens (tertiary/aromatic N) is 3. The number of aromatic nitrogens is 1. The minimum atomic E-state index is -0.423. The lowest BCUT2D eigenvalue weighted by Crippen LogP contribution is -2.52. The van der Waals surface area contributed by atoms with Gasteiger partial charge >= 0.3 is 0 Å². The molecule has 146 valence electrons. The molecule has 0 bridgehead atoms. The molecule has 2 N–H and O–H groups in total. The molecule has 1 aromatic heterocycles. The van der Waals surface area contributed by atoms with Crippen molar-refractivity contribution in [1.82, 2.24) is 9.88 Å². The number of likely N-dealkylation sites (tertiary alicyclic amines) is 1. The fourth-order valence-electron chi connectivity index (χ4n) is 2.73. The Morgan fingerprint density at radius 1 is 1.28 bits per heavy atom. The van der Waals surface area contributed by atoms with Crippen LogP contribution in [0, 0.1) is 11.7 Å². The van der Waals surface area contributed by atoms with Gasteiger partial charge in [0.15, 0.2) is 0 Å². The maximum atomic E-state index is 12.9. The number of piperidine rings is 1. The Morgan fingerprint density at radius 2 is 1.84 bits per heavy atom. The third-order valence-electron chi connectivity index (χ3n) is 4.40. The maximum absolute atomic E-state index is 12.9. The number of pyridine rings is 1. The van der Waals surface area contributed by atoms with Crippen molar-refractivity contribution < 1.29 is 9.18 Å². The van der Waals surface area contributed by atoms with E-state index in [0.29, 0.717) is 19.1 Å². The lowest BCUT2D eigenvalue weighted by molar-refractivity contribution is -0.134. The SMILES string of the molecule is CC(C)[C@H](N)C(=O)N1CCC(N(C)c2ccc(F)cn2)CC1.Cl.Cl.Cl. The van der Waals surface area contributed by atoms with E-state index in [0.717, 1.165) is 18.7 Å². The molecule has 0 radical (unpaired) electrons. The van der Waals surface area contributed by atoms with Gasteiger partial charge in [0.2, 0.25) is 5.91 Å². The van der Waals surface area contributed by atoms with Crippen molar-refractivity contribution in [2.75, 3.05) is 25.0 Å². The van der Waals surface area contributed by atoms with Gasteiger partial charge in [-0.05, 0) is 30.9 Å². The number of carbonyl (C=O) groups excluding carboxylic acids is 1. The van der Waals surface area contributed by atoms with Gasteiger partial charge in [-0.3, -0.25) is 4.79 Å². The normalized spacial score (nSPS) is 15.5. The zero-order valence-electron chi connectivity index (χ0n) is 14.7. The van der Waals surface area contributed by atoms with E-state index in [1.165, 1.54) is 12.3 Å². The smallest absolute Gasteiger partial charge is 0.239 e. The zero-order valence-corrected chi connectivity index (χ0v) is 17.2. The highest BCUT2D eigenvalue weighted by molar-refractivity contribution is 5.86. The summed E-state index contributed by atoms with van der Waals surface area (Å²) in [5.41, 5.74) is 5.94. The van der Waals surface area contributed by atoms with Crippen LogP contribution in [-0.2, 0) is 4.79 Å². The van der Waals surface area contributed by atoms with E-state index in [-0.39, 0.29) is 54.9 Å². The minimum Gasteiger partial charge on any atom is -0.357 e. The fourth-order valence-corrected chi connectivity index (χ4v) is 2.73. The first-order valence-electron chi connectivity index (χ1n) is 7.79. The average molecular weight is 418 g/mol. The Morgan fingerprint density at radius 3 is 2.28 bits per heavy atom. The Balaban J connectivity index is 0. The van der Waals surface area contributed by atoms with Crippen LogP contribution in [0.2, 0.25) is 0 Å². The summed E-state index contributed by atoms with van der Waals surface area (Å²) in [6, 6.07) is 2.98. The van der Waals surface area contributed by atoms with Gasteiger partial charge in [0.25, 0.3) is 0 Å². The van der Waals surface area contributed by atoms with Crippen molar-refractivity contribution in [2.45, 2.75) is 38.8 Å². The molecule has 0 aromatic carbocycles. The van der Waals surface area contributed by atoms with Crippen molar-refractivity contribution in [3.8, 4) is 0 Å². The second kappa shape index (κ2) is 11.7. The van der Waals surface area contributed by atoms with E-state index in [9.17, 15) is 9.18 Å². The number of rotatable bonds is 4. The second-order valence-electron chi connectivity index (χ2n) is 6.27. The van der Waals surface area contributed by atoms with Gasteiger partial charge in [-0.1, -0.05) is 13.8 Å². The Bertz CT molecular complexity index is 511. The third kappa shape index (κ3) is 6.77. The first-order chi connectivity index (χ1) is 10.4. The molecule has 0 saturated carbocycles. The second-order valence-corrected chi connectivity index (χ2v) is 6.27. The van der Waals surface area contributed by atoms with Crippen LogP contribution in [0.1, 0.15) is 26.7 Å². The topological polar surface area (TPSA) is 62.5 Å². The minimum absolute atomic E-state index is 0. The third-order valence-corrected chi connectivity index (χ3v) is 4.40. The number of anilines is 1. The van der Waals surface area contributed by atoms with Gasteiger partial charge in [-0.2, -0.15) is 0 Å². The summed E-state index contributed by atoms with van der Waals surface area (Å²) in [7, 11) is 1.96. The molecule has 25 heavy (non-hydrogen) atoms. The number of carbonyl (C=O) groups is 1. The van der Waals surface area contributed by atoms with Gasteiger partial charge in [-0.25, -0.2) is 9.37 Å². The van der Waals surface area contributed by atoms with Crippen LogP contribution in [0.5, 0.6) is 0 Å². The van der Waals surface area contributed by atoms with E-state index in [4.69, 9.17) is 5.73 Å². The largest absolute Gasteiger partial charge is 0.357 e. The van der Waals surface area contributed by atoms with E-state index in [2.05, 4.69) is 9.88 Å². The molecule has 1 saturated heterocycles. The number of hydrogen-bond donors (Lipinski definition) is 1. The molecular weight excluding hydrogens is 390 g/mol. The van der Waals surface area contributed by atoms with Crippen LogP contribution < -0.4 is 10.6 Å². The van der Waals surface area contributed by atoms with Crippen molar-refractivity contribution in [3.05, 3.63) is 24.1 Å². The Labute approximate surface area is 167 Å². The molecule has 0 unspecified atom stereocenters. The van der Waals surface area contributed by atoms with Crippen molar-refractivity contribution in [1.29, 1.82) is 0 Å². The van der Waals surface area contributed by atoms with E-state index in [1.807, 2.05) is 25.8 Å². The summed E-state index contributed by atoms with van der Waals surface area (Å²) >= 11 is 0. The van der Waals surface area contributed by atoms with Crippen LogP contribution in [0.4, 0.5) is 10.2 Å². The van der Waals surface area contributed by atoms with Crippen molar-refractivity contribution in [3.63, 3.8) is 0 Å². The quantitative estimate of drug-likeness (QED) is 0.818. The lowest BCUT2D eigenvalue weighted by atomic mass is 9.99. The van der Waals surface area contributed by atoms with E-state index < -0.39 is 6.04 Å². The summed E-state index contributed by atoms with van der Waals surface area (Å²) in [5, 5.41) is 0. The summed E-state index contributed by atoms with van der Waals surface area (Å²) < 4.78 is 12.9. The van der Waals surface area contributed by atoms with Crippen LogP contribution in [0.15, 0.2) is 18.3 Å². The predicted octanol–water partition coefficient (Wildman–Crippen LogP) is 2.90. The number of hydrogen-bond acceptors (Lipinski definition) is 4. The molecule has 0 aliphatic carbocycles. The fraction of sp³-hybridized carbons (Fsp3) is 0.625. The van der Waals surface area contributed by atoms with Crippen molar-refractivity contribution in [2.24, 2.45) is 11.7 Å². The highest BCUT2D eigenvalue weighted by Crippen LogP contribution is 2.21. The highest BCUT2D eigenvalue weighted by Gasteiger charge is 2.29. The van der Waals surface area contributed by atoms with E-state index >= 15 is 0 Å². The lowest BCUT2D eigenvalue weighted by Gasteiger charge is -2.38. The number of nitrogens with two attached hydrogens (primary N) is 1. The Hall–Kier alpha value is -0.820. The van der Waals surface area contributed by atoms with Crippen molar-refractivity contribution >= 4 is 48.9 Å². The van der Waals surface area contributed by atoms with Crippen LogP contribution in [0.3, 0.4) is 0 Å². The monoisotopic (exact) mass is 416 g/mol. The molecule has 1 aliphatic rings. The zero-order chi connectivity index (χ0) is 16.3. The first-order valence-corrected chi connectivity index (χ1v) is 7.79. The summed E-state index contributed by atoms with van der Waals surface area (Å²) in [6.45, 7) is 5.33. The molecule has 1 fully saturated rings. The molecule has 9 heteroatoms. The molecule has 2 rings (SSSR count). The molecule has 5 nitrogen and oxygen atoms in total. The number of halogens is 4. The predicted molar refractivity (Wildman–Crippen MR) is 107 cm³/mol. The molecule has 1 atom stereocenters. The first kappa shape index (κ1) is 26.4. The van der Waals surface area contributed by atoms with Gasteiger partial charge < -0.3 is 15.5 Å². The Kier molecular flexibility index (Phi) is 12.4. The van der Waals surface area contributed by atoms with Gasteiger partial charge in [0.05, 0.1) is 12.2 Å². The maximum Gasteiger partial charge on any atom is 0.239 e. The summed E-state index contributed by atoms with van der Waals surface area (Å²) in [4.78, 5) is 20.3. The molecule has 1 aliphatic heterocycles. The molecule has 1 aromatic rings. The van der Waals surface area contributed by atoms with E-state index in [1.54, 1.807) is 6.07 Å². The van der Waals surface area contributed by atoms with Crippen LogP contribution in [-0.4, -0.2) is 48.0 Å². The summed E-state index contributed by atoms with van der Waals surface area (Å²) in [6.07, 6.45) is 2.96. The summed E-state index contributed by atoms with van der Waals surface area (Å²) in [5.74, 6) is 0.609. The van der Waals surface area contributed by atoms with Gasteiger partial charge in [-0.15, -0.1) is 37.2 Å². The molecule has 0 spiro atoms. The standard InChI is InChI=1S/C16H25FN4O.3ClH/c1-11(2)15(18)16(22)21-8-6-13(7-9-21)20(3)14-5-4-12(17)10-19-14;;;/h4-5,10-11,13,15H,6-9,18H2,1-3H3;3*1H/t15-;;;/m0.../s1. The van der Waals surface area contributed by atoms with Crippen LogP contribution in [0.25, 0.3) is 0 Å². The molecule has 1 amide bonds.